The molecular formula is C35H34N+. The third kappa shape index (κ3) is 3.49. The van der Waals surface area contributed by atoms with Gasteiger partial charge in [0, 0.05) is 30.7 Å². The molecule has 1 nitrogen and oxygen atoms in total. The van der Waals surface area contributed by atoms with Crippen molar-refractivity contribution in [2.45, 2.75) is 31.8 Å². The monoisotopic (exact) mass is 468 g/mol. The predicted molar refractivity (Wildman–Crippen MR) is 153 cm³/mol. The molecular weight excluding hydrogens is 434 g/mol. The molecule has 1 heteroatoms. The summed E-state index contributed by atoms with van der Waals surface area (Å²) >= 11 is 0. The van der Waals surface area contributed by atoms with Gasteiger partial charge in [0.25, 0.3) is 0 Å². The average molecular weight is 469 g/mol. The van der Waals surface area contributed by atoms with E-state index in [1.54, 1.807) is 0 Å². The molecule has 8 rings (SSSR count). The fourth-order valence-electron chi connectivity index (χ4n) is 7.63. The van der Waals surface area contributed by atoms with Crippen LogP contribution in [0.4, 0.5) is 0 Å². The molecule has 5 aromatic rings. The van der Waals surface area contributed by atoms with Crippen LogP contribution in [0.2, 0.25) is 0 Å². The molecule has 3 saturated heterocycles. The van der Waals surface area contributed by atoms with Crippen LogP contribution in [-0.2, 0) is 13.0 Å². The number of quaternary nitrogens is 1. The second kappa shape index (κ2) is 8.61. The molecule has 0 unspecified atom stereocenters. The molecule has 4 atom stereocenters. The summed E-state index contributed by atoms with van der Waals surface area (Å²) in [7, 11) is 0. The highest BCUT2D eigenvalue weighted by molar-refractivity contribution is 6.02. The van der Waals surface area contributed by atoms with Crippen molar-refractivity contribution in [2.24, 2.45) is 11.8 Å². The van der Waals surface area contributed by atoms with Crippen LogP contribution in [0.25, 0.3) is 32.3 Å². The summed E-state index contributed by atoms with van der Waals surface area (Å²) in [5.74, 6) is 1.41. The maximum absolute atomic E-state index is 4.28. The zero-order chi connectivity index (χ0) is 24.1. The summed E-state index contributed by atoms with van der Waals surface area (Å²) in [6.45, 7) is 7.89. The van der Waals surface area contributed by atoms with E-state index < -0.39 is 0 Å². The van der Waals surface area contributed by atoms with Gasteiger partial charge < -0.3 is 4.48 Å². The number of hydrogen-bond acceptors (Lipinski definition) is 0. The van der Waals surface area contributed by atoms with Gasteiger partial charge in [-0.05, 0) is 49.9 Å². The van der Waals surface area contributed by atoms with E-state index in [1.807, 2.05) is 0 Å². The standard InChI is InChI=1S/C35H34N/c1-2-25-23-36(24-35-33-16-7-4-11-28(33)20-29-12-5-8-17-34(29)35)19-18-27(25)21-31(36)22-30-14-9-13-26-10-3-6-15-32(26)30/h2-17,20,25,27,31H,1,18-19,21-24H2/q+1/t25-,27+,31-,36+/m1/s1. The van der Waals surface area contributed by atoms with Crippen LogP contribution in [0.3, 0.4) is 0 Å². The molecule has 178 valence electrons. The number of hydrogen-bond donors (Lipinski definition) is 0. The van der Waals surface area contributed by atoms with Gasteiger partial charge in [0.15, 0.2) is 0 Å². The molecule has 3 fully saturated rings. The van der Waals surface area contributed by atoms with Gasteiger partial charge >= 0.3 is 0 Å². The zero-order valence-electron chi connectivity index (χ0n) is 20.9. The molecule has 2 bridgehead atoms. The van der Waals surface area contributed by atoms with Gasteiger partial charge in [-0.15, -0.1) is 6.58 Å². The van der Waals surface area contributed by atoms with Crippen LogP contribution in [0, 0.1) is 11.8 Å². The van der Waals surface area contributed by atoms with E-state index >= 15 is 0 Å². The molecule has 0 N–H and O–H groups in total. The normalized spacial score (nSPS) is 25.5. The van der Waals surface area contributed by atoms with Crippen molar-refractivity contribution in [1.82, 2.24) is 0 Å². The van der Waals surface area contributed by atoms with E-state index in [0.717, 1.165) is 18.9 Å². The van der Waals surface area contributed by atoms with Crippen molar-refractivity contribution in [3.8, 4) is 0 Å². The van der Waals surface area contributed by atoms with Crippen LogP contribution in [0.5, 0.6) is 0 Å². The molecule has 3 aliphatic rings. The Bertz CT molecular complexity index is 1540. The Kier molecular flexibility index (Phi) is 5.22. The molecule has 5 aromatic carbocycles. The first-order valence-corrected chi connectivity index (χ1v) is 13.6. The Morgan fingerprint density at radius 2 is 1.39 bits per heavy atom. The molecule has 0 spiro atoms. The fraction of sp³-hybridized carbons (Fsp3) is 0.257. The number of piperidine rings is 3. The number of fused-ring (bicyclic) bond motifs is 6. The van der Waals surface area contributed by atoms with Gasteiger partial charge in [0.05, 0.1) is 19.1 Å². The summed E-state index contributed by atoms with van der Waals surface area (Å²) in [6.07, 6.45) is 6.06. The second-order valence-electron chi connectivity index (χ2n) is 11.3. The van der Waals surface area contributed by atoms with E-state index in [0.29, 0.717) is 12.0 Å². The largest absolute Gasteiger partial charge is 0.317 e. The highest BCUT2D eigenvalue weighted by Crippen LogP contribution is 2.46. The highest BCUT2D eigenvalue weighted by atomic mass is 15.4. The third-order valence-corrected chi connectivity index (χ3v) is 9.47. The van der Waals surface area contributed by atoms with E-state index in [9.17, 15) is 0 Å². The average Bonchev–Trinajstić information content (AvgIpc) is 2.93. The van der Waals surface area contributed by atoms with E-state index in [4.69, 9.17) is 0 Å². The molecule has 0 saturated carbocycles. The molecule has 36 heavy (non-hydrogen) atoms. The first-order chi connectivity index (χ1) is 17.7. The van der Waals surface area contributed by atoms with Crippen molar-refractivity contribution in [1.29, 1.82) is 0 Å². The van der Waals surface area contributed by atoms with E-state index in [-0.39, 0.29) is 0 Å². The van der Waals surface area contributed by atoms with Crippen LogP contribution < -0.4 is 0 Å². The van der Waals surface area contributed by atoms with Crippen LogP contribution in [0.15, 0.2) is 110 Å². The van der Waals surface area contributed by atoms with Crippen LogP contribution in [-0.4, -0.2) is 23.6 Å². The Hall–Kier alpha value is -3.42. The van der Waals surface area contributed by atoms with Gasteiger partial charge in [0.2, 0.25) is 0 Å². The molecule has 0 aliphatic carbocycles. The summed E-state index contributed by atoms with van der Waals surface area (Å²) in [5.41, 5.74) is 3.05. The Balaban J connectivity index is 1.36. The maximum Gasteiger partial charge on any atom is 0.106 e. The zero-order valence-corrected chi connectivity index (χ0v) is 20.9. The minimum absolute atomic E-state index is 0.628. The summed E-state index contributed by atoms with van der Waals surface area (Å²) in [4.78, 5) is 0. The molecule has 0 amide bonds. The smallest absolute Gasteiger partial charge is 0.106 e. The Morgan fingerprint density at radius 1 is 0.750 bits per heavy atom. The first kappa shape index (κ1) is 21.8. The highest BCUT2D eigenvalue weighted by Gasteiger charge is 2.51. The van der Waals surface area contributed by atoms with Crippen molar-refractivity contribution >= 4 is 32.3 Å². The van der Waals surface area contributed by atoms with E-state index in [1.165, 1.54) is 73.9 Å². The van der Waals surface area contributed by atoms with Crippen molar-refractivity contribution in [3.05, 3.63) is 121 Å². The van der Waals surface area contributed by atoms with Crippen molar-refractivity contribution in [3.63, 3.8) is 0 Å². The number of nitrogens with zero attached hydrogens (tertiary/aromatic N) is 1. The van der Waals surface area contributed by atoms with Gasteiger partial charge in [-0.25, -0.2) is 0 Å². The van der Waals surface area contributed by atoms with Crippen LogP contribution >= 0.6 is 0 Å². The minimum Gasteiger partial charge on any atom is -0.317 e. The fourth-order valence-corrected chi connectivity index (χ4v) is 7.63. The molecule has 3 aliphatic heterocycles. The number of benzene rings is 5. The molecule has 3 heterocycles. The summed E-state index contributed by atoms with van der Waals surface area (Å²) < 4.78 is 1.19. The maximum atomic E-state index is 4.28. The lowest BCUT2D eigenvalue weighted by molar-refractivity contribution is -0.980. The minimum atomic E-state index is 0.628. The lowest BCUT2D eigenvalue weighted by Gasteiger charge is -2.57. The first-order valence-electron chi connectivity index (χ1n) is 13.6. The number of rotatable bonds is 5. The van der Waals surface area contributed by atoms with Gasteiger partial charge in [-0.2, -0.15) is 0 Å². The van der Waals surface area contributed by atoms with Gasteiger partial charge in [-0.3, -0.25) is 0 Å². The Labute approximate surface area is 214 Å². The molecule has 0 aromatic heterocycles. The lowest BCUT2D eigenvalue weighted by atomic mass is 9.71. The summed E-state index contributed by atoms with van der Waals surface area (Å²) in [6, 6.07) is 36.9. The Morgan fingerprint density at radius 3 is 2.11 bits per heavy atom. The topological polar surface area (TPSA) is 0 Å². The summed E-state index contributed by atoms with van der Waals surface area (Å²) in [5, 5.41) is 8.37. The lowest BCUT2D eigenvalue weighted by Crippen LogP contribution is -2.66. The van der Waals surface area contributed by atoms with E-state index in [2.05, 4.69) is 110 Å². The van der Waals surface area contributed by atoms with Gasteiger partial charge in [-0.1, -0.05) is 97.1 Å². The van der Waals surface area contributed by atoms with Gasteiger partial charge in [0.1, 0.15) is 6.54 Å². The third-order valence-electron chi connectivity index (χ3n) is 9.47. The second-order valence-corrected chi connectivity index (χ2v) is 11.3. The quantitative estimate of drug-likeness (QED) is 0.138. The van der Waals surface area contributed by atoms with Crippen molar-refractivity contribution < 1.29 is 4.48 Å². The van der Waals surface area contributed by atoms with Crippen molar-refractivity contribution in [2.75, 3.05) is 13.1 Å². The van der Waals surface area contributed by atoms with Crippen LogP contribution in [0.1, 0.15) is 24.0 Å². The SMILES string of the molecule is C=C[C@@H]1C[N@+]2(Cc3c4ccccc4cc4ccccc34)CC[C@H]1C[C@@H]2Cc1cccc2ccccc12. The molecule has 0 radical (unpaired) electrons. The predicted octanol–water partition coefficient (Wildman–Crippen LogP) is 8.30.